The molecule has 0 aromatic carbocycles. The van der Waals surface area contributed by atoms with E-state index >= 15 is 0 Å². The number of halogens is 4. The first-order valence-corrected chi connectivity index (χ1v) is 2.13. The number of rotatable bonds is 1. The molecule has 0 unspecified atom stereocenters. The van der Waals surface area contributed by atoms with Gasteiger partial charge in [-0.25, -0.2) is 4.79 Å². The molecule has 0 atom stereocenters. The molecule has 0 amide bonds. The molecule has 0 aliphatic carbocycles. The Labute approximate surface area is 59.4 Å². The zero-order chi connectivity index (χ0) is 9.44. The smallest absolute Gasteiger partial charge is 0.334 e. The van der Waals surface area contributed by atoms with Crippen LogP contribution in [0.3, 0.4) is 0 Å². The van der Waals surface area contributed by atoms with Gasteiger partial charge in [0.15, 0.2) is 0 Å². The summed E-state index contributed by atoms with van der Waals surface area (Å²) in [6.45, 7) is 2.96. The predicted octanol–water partition coefficient (Wildman–Crippen LogP) is 2.25. The van der Waals surface area contributed by atoms with Crippen molar-refractivity contribution in [1.29, 1.82) is 0 Å². The van der Waals surface area contributed by atoms with Crippen LogP contribution < -0.4 is 0 Å². The van der Waals surface area contributed by atoms with Gasteiger partial charge in [0.2, 0.25) is 0 Å². The molecule has 0 bridgehead atoms. The Hall–Kier alpha value is -1.33. The average Bonchev–Trinajstić information content (AvgIpc) is 1.89. The van der Waals surface area contributed by atoms with E-state index in [1.165, 1.54) is 0 Å². The van der Waals surface area contributed by atoms with E-state index in [0.29, 0.717) is 0 Å². The number of carbonyl (C=O) groups is 1. The highest BCUT2D eigenvalue weighted by Gasteiger charge is 1.98. The maximum absolute atomic E-state index is 10.3. The van der Waals surface area contributed by atoms with Gasteiger partial charge in [0, 0.05) is 6.08 Å². The summed E-state index contributed by atoms with van der Waals surface area (Å²) >= 11 is 0. The summed E-state index contributed by atoms with van der Waals surface area (Å²) in [6, 6.07) is 0. The topological polar surface area (TPSA) is 37.3 Å². The number of hydrogen-bond acceptors (Lipinski definition) is 1. The van der Waals surface area contributed by atoms with Gasteiger partial charge in [0.05, 0.1) is 0 Å². The minimum absolute atomic E-state index is 0.833. The molecular weight excluding hydrogens is 168 g/mol. The summed E-state index contributed by atoms with van der Waals surface area (Å²) in [7, 11) is 0. The molecule has 1 N–H and O–H groups in total. The summed E-state index contributed by atoms with van der Waals surface area (Å²) < 4.78 is 41.1. The molecule has 2 nitrogen and oxygen atoms in total. The standard InChI is InChI=1S/C3H4O2.C2F4/c1-2-3(4)5;3-1(4)2(5)6/h2H,1H2,(H,4,5);. The molecule has 0 radical (unpaired) electrons. The molecule has 64 valence electrons. The molecule has 0 rings (SSSR count). The second-order valence-corrected chi connectivity index (χ2v) is 1.06. The zero-order valence-electron chi connectivity index (χ0n) is 5.15. The second kappa shape index (κ2) is 6.79. The van der Waals surface area contributed by atoms with Crippen molar-refractivity contribution in [1.82, 2.24) is 0 Å². The van der Waals surface area contributed by atoms with Crippen molar-refractivity contribution in [3.05, 3.63) is 24.8 Å². The third kappa shape index (κ3) is 17.7. The van der Waals surface area contributed by atoms with Crippen LogP contribution in [-0.2, 0) is 4.79 Å². The fourth-order valence-corrected chi connectivity index (χ4v) is 0. The molecule has 0 aromatic heterocycles. The maximum Gasteiger partial charge on any atom is 0.334 e. The van der Waals surface area contributed by atoms with Gasteiger partial charge < -0.3 is 5.11 Å². The molecule has 0 saturated carbocycles. The quantitative estimate of drug-likeness (QED) is 0.486. The van der Waals surface area contributed by atoms with Gasteiger partial charge in [-0.1, -0.05) is 6.58 Å². The van der Waals surface area contributed by atoms with Crippen molar-refractivity contribution >= 4 is 5.97 Å². The van der Waals surface area contributed by atoms with Gasteiger partial charge in [0.1, 0.15) is 0 Å². The Morgan fingerprint density at radius 1 is 1.18 bits per heavy atom. The van der Waals surface area contributed by atoms with E-state index < -0.39 is 18.1 Å². The van der Waals surface area contributed by atoms with Crippen molar-refractivity contribution in [2.75, 3.05) is 0 Å². The summed E-state index contributed by atoms with van der Waals surface area (Å²) in [5, 5.41) is 7.60. The first kappa shape index (κ1) is 12.4. The SMILES string of the molecule is C=CC(=O)O.FC(F)=C(F)F. The van der Waals surface area contributed by atoms with E-state index in [1.807, 2.05) is 0 Å². The highest BCUT2D eigenvalue weighted by atomic mass is 19.3. The third-order valence-corrected chi connectivity index (χ3v) is 0.317. The number of carboxylic acids is 1. The number of aliphatic carboxylic acids is 1. The molecule has 0 fully saturated rings. The predicted molar refractivity (Wildman–Crippen MR) is 29.3 cm³/mol. The van der Waals surface area contributed by atoms with Crippen LogP contribution in [0.25, 0.3) is 0 Å². The Morgan fingerprint density at radius 2 is 1.36 bits per heavy atom. The molecule has 0 aromatic rings. The molecule has 11 heavy (non-hydrogen) atoms. The third-order valence-electron chi connectivity index (χ3n) is 0.317. The van der Waals surface area contributed by atoms with Gasteiger partial charge in [-0.15, -0.1) is 0 Å². The fraction of sp³-hybridized carbons (Fsp3) is 0. The number of carboxylic acid groups (broad SMARTS) is 1. The molecule has 0 saturated heterocycles. The van der Waals surface area contributed by atoms with E-state index in [9.17, 15) is 22.4 Å². The highest BCUT2D eigenvalue weighted by Crippen LogP contribution is 2.08. The lowest BCUT2D eigenvalue weighted by Gasteiger charge is -1.69. The van der Waals surface area contributed by atoms with Gasteiger partial charge >= 0.3 is 18.1 Å². The van der Waals surface area contributed by atoms with Crippen LogP contribution in [0.2, 0.25) is 0 Å². The molecule has 0 heterocycles. The van der Waals surface area contributed by atoms with Crippen molar-refractivity contribution in [3.8, 4) is 0 Å². The maximum atomic E-state index is 10.3. The van der Waals surface area contributed by atoms with Crippen LogP contribution in [0, 0.1) is 0 Å². The Bertz CT molecular complexity index is 157. The van der Waals surface area contributed by atoms with Crippen LogP contribution in [-0.4, -0.2) is 11.1 Å². The van der Waals surface area contributed by atoms with Crippen molar-refractivity contribution in [3.63, 3.8) is 0 Å². The summed E-state index contributed by atoms with van der Waals surface area (Å²) in [4.78, 5) is 9.25. The van der Waals surface area contributed by atoms with Crippen molar-refractivity contribution in [2.24, 2.45) is 0 Å². The molecular formula is C5H4F4O2. The largest absolute Gasteiger partial charge is 0.478 e. The fourth-order valence-electron chi connectivity index (χ4n) is 0. The van der Waals surface area contributed by atoms with Gasteiger partial charge in [-0.2, -0.15) is 17.6 Å². The molecule has 6 heteroatoms. The summed E-state index contributed by atoms with van der Waals surface area (Å²) in [5.41, 5.74) is 0. The van der Waals surface area contributed by atoms with E-state index in [4.69, 9.17) is 5.11 Å². The summed E-state index contributed by atoms with van der Waals surface area (Å²) in [5.74, 6) is -0.981. The van der Waals surface area contributed by atoms with Crippen LogP contribution in [0.5, 0.6) is 0 Å². The van der Waals surface area contributed by atoms with E-state index in [1.54, 1.807) is 0 Å². The van der Waals surface area contributed by atoms with Crippen molar-refractivity contribution in [2.45, 2.75) is 0 Å². The first-order chi connectivity index (χ1) is 4.91. The zero-order valence-corrected chi connectivity index (χ0v) is 5.15. The van der Waals surface area contributed by atoms with E-state index in [-0.39, 0.29) is 0 Å². The Kier molecular flexibility index (Phi) is 7.62. The minimum Gasteiger partial charge on any atom is -0.478 e. The number of hydrogen-bond donors (Lipinski definition) is 1. The lowest BCUT2D eigenvalue weighted by atomic mass is 10.7. The van der Waals surface area contributed by atoms with Gasteiger partial charge in [0.25, 0.3) is 0 Å². The van der Waals surface area contributed by atoms with Crippen LogP contribution in [0.15, 0.2) is 24.8 Å². The lowest BCUT2D eigenvalue weighted by molar-refractivity contribution is -0.131. The van der Waals surface area contributed by atoms with Crippen molar-refractivity contribution < 1.29 is 27.5 Å². The van der Waals surface area contributed by atoms with Gasteiger partial charge in [-0.3, -0.25) is 0 Å². The van der Waals surface area contributed by atoms with Crippen LogP contribution >= 0.6 is 0 Å². The Balaban J connectivity index is 0. The lowest BCUT2D eigenvalue weighted by Crippen LogP contribution is -1.82. The first-order valence-electron chi connectivity index (χ1n) is 2.13. The van der Waals surface area contributed by atoms with Gasteiger partial charge in [-0.05, 0) is 0 Å². The van der Waals surface area contributed by atoms with Crippen LogP contribution in [0.1, 0.15) is 0 Å². The minimum atomic E-state index is -2.91. The van der Waals surface area contributed by atoms with E-state index in [2.05, 4.69) is 6.58 Å². The van der Waals surface area contributed by atoms with Crippen LogP contribution in [0.4, 0.5) is 17.6 Å². The Morgan fingerprint density at radius 3 is 1.36 bits per heavy atom. The molecule has 0 aliphatic rings. The monoisotopic (exact) mass is 172 g/mol. The second-order valence-electron chi connectivity index (χ2n) is 1.06. The molecule has 0 spiro atoms. The normalized spacial score (nSPS) is 7.27. The summed E-state index contributed by atoms with van der Waals surface area (Å²) in [6.07, 6.45) is -4.98. The average molecular weight is 172 g/mol. The molecule has 0 aliphatic heterocycles. The van der Waals surface area contributed by atoms with E-state index in [0.717, 1.165) is 6.08 Å². The highest BCUT2D eigenvalue weighted by molar-refractivity contribution is 5.78.